The number of amides is 1. The summed E-state index contributed by atoms with van der Waals surface area (Å²) in [6.45, 7) is 0. The molecule has 0 saturated carbocycles. The van der Waals surface area contributed by atoms with Crippen molar-refractivity contribution in [2.24, 2.45) is 0 Å². The maximum absolute atomic E-state index is 12.5. The van der Waals surface area contributed by atoms with E-state index in [9.17, 15) is 25.0 Å². The molecular weight excluding hydrogens is 514 g/mol. The van der Waals surface area contributed by atoms with Gasteiger partial charge in [0.05, 0.1) is 10.5 Å². The van der Waals surface area contributed by atoms with Gasteiger partial charge in [0.15, 0.2) is 0 Å². The van der Waals surface area contributed by atoms with Crippen molar-refractivity contribution in [3.05, 3.63) is 103 Å². The number of nitro benzene ring substituents is 1. The van der Waals surface area contributed by atoms with E-state index in [0.717, 1.165) is 10.5 Å². The van der Waals surface area contributed by atoms with Gasteiger partial charge in [0.2, 0.25) is 0 Å². The lowest BCUT2D eigenvalue weighted by Crippen LogP contribution is -2.14. The third kappa shape index (κ3) is 6.26. The topological polar surface area (TPSA) is 122 Å². The molecule has 0 spiro atoms. The minimum Gasteiger partial charge on any atom is -0.423 e. The molecule has 0 unspecified atom stereocenters. The van der Waals surface area contributed by atoms with E-state index in [1.807, 2.05) is 0 Å². The summed E-state index contributed by atoms with van der Waals surface area (Å²) in [5, 5.41) is 23.0. The molecule has 0 atom stereocenters. The van der Waals surface area contributed by atoms with Gasteiger partial charge in [-0.15, -0.1) is 0 Å². The fourth-order valence-corrected chi connectivity index (χ4v) is 3.08. The number of rotatable bonds is 6. The smallest absolute Gasteiger partial charge is 0.343 e. The number of nitriles is 1. The zero-order valence-corrected chi connectivity index (χ0v) is 19.0. The number of nitrogens with zero attached hydrogens (tertiary/aromatic N) is 2. The lowest BCUT2D eigenvalue weighted by molar-refractivity contribution is -0.383. The normalized spacial score (nSPS) is 10.8. The minimum absolute atomic E-state index is 0.0919. The van der Waals surface area contributed by atoms with Gasteiger partial charge in [0, 0.05) is 15.6 Å². The van der Waals surface area contributed by atoms with Crippen molar-refractivity contribution < 1.29 is 19.2 Å². The Kier molecular flexibility index (Phi) is 7.56. The van der Waals surface area contributed by atoms with Crippen LogP contribution in [-0.4, -0.2) is 16.8 Å². The summed E-state index contributed by atoms with van der Waals surface area (Å²) < 4.78 is 6.14. The number of carbonyl (C=O) groups excluding carboxylic acids is 2. The van der Waals surface area contributed by atoms with Crippen LogP contribution >= 0.6 is 27.5 Å². The fourth-order valence-electron chi connectivity index (χ4n) is 2.65. The first kappa shape index (κ1) is 23.7. The van der Waals surface area contributed by atoms with Crippen molar-refractivity contribution >= 4 is 56.9 Å². The van der Waals surface area contributed by atoms with Crippen LogP contribution in [0.2, 0.25) is 5.02 Å². The highest BCUT2D eigenvalue weighted by molar-refractivity contribution is 9.10. The van der Waals surface area contributed by atoms with E-state index < -0.39 is 22.5 Å². The Bertz CT molecular complexity index is 1300. The standard InChI is InChI=1S/C23H13BrClN3O5/c24-17-5-3-15(4-6-17)23(30)33-19-8-1-14(2-9-19)11-16(13-26)22(29)27-20-10-7-18(25)12-21(20)28(31)32/h1-12H,(H,27,29)/b16-11+. The van der Waals surface area contributed by atoms with Crippen LogP contribution in [-0.2, 0) is 4.79 Å². The molecule has 3 aromatic carbocycles. The van der Waals surface area contributed by atoms with Crippen LogP contribution in [0.3, 0.4) is 0 Å². The van der Waals surface area contributed by atoms with Crippen LogP contribution in [0.5, 0.6) is 5.75 Å². The van der Waals surface area contributed by atoms with Crippen LogP contribution in [0.4, 0.5) is 11.4 Å². The van der Waals surface area contributed by atoms with Gasteiger partial charge in [-0.3, -0.25) is 14.9 Å². The second-order valence-corrected chi connectivity index (χ2v) is 7.86. The van der Waals surface area contributed by atoms with Crippen molar-refractivity contribution in [2.45, 2.75) is 0 Å². The lowest BCUT2D eigenvalue weighted by atomic mass is 10.1. The minimum atomic E-state index is -0.825. The van der Waals surface area contributed by atoms with E-state index in [1.165, 1.54) is 30.3 Å². The molecule has 0 fully saturated rings. The largest absolute Gasteiger partial charge is 0.423 e. The summed E-state index contributed by atoms with van der Waals surface area (Å²) in [6.07, 6.45) is 1.30. The summed E-state index contributed by atoms with van der Waals surface area (Å²) in [6, 6.07) is 18.3. The van der Waals surface area contributed by atoms with E-state index in [0.29, 0.717) is 11.1 Å². The molecule has 0 saturated heterocycles. The van der Waals surface area contributed by atoms with Crippen LogP contribution < -0.4 is 10.1 Å². The van der Waals surface area contributed by atoms with Crippen LogP contribution in [0.15, 0.2) is 76.8 Å². The molecule has 0 aliphatic rings. The molecule has 3 aromatic rings. The Morgan fingerprint density at radius 3 is 2.36 bits per heavy atom. The van der Waals surface area contributed by atoms with Gasteiger partial charge < -0.3 is 10.1 Å². The Morgan fingerprint density at radius 1 is 1.09 bits per heavy atom. The first-order valence-electron chi connectivity index (χ1n) is 9.21. The third-order valence-corrected chi connectivity index (χ3v) is 5.02. The Morgan fingerprint density at radius 2 is 1.76 bits per heavy atom. The zero-order valence-electron chi connectivity index (χ0n) is 16.6. The van der Waals surface area contributed by atoms with E-state index in [-0.39, 0.29) is 22.0 Å². The predicted octanol–water partition coefficient (Wildman–Crippen LogP) is 5.78. The number of benzene rings is 3. The molecular formula is C23H13BrClN3O5. The molecule has 10 heteroatoms. The highest BCUT2D eigenvalue weighted by atomic mass is 79.9. The molecule has 0 heterocycles. The summed E-state index contributed by atoms with van der Waals surface area (Å²) in [7, 11) is 0. The Balaban J connectivity index is 1.73. The highest BCUT2D eigenvalue weighted by Gasteiger charge is 2.18. The predicted molar refractivity (Wildman–Crippen MR) is 126 cm³/mol. The number of esters is 1. The van der Waals surface area contributed by atoms with Crippen LogP contribution in [0, 0.1) is 21.4 Å². The first-order chi connectivity index (χ1) is 15.8. The number of anilines is 1. The van der Waals surface area contributed by atoms with Crippen molar-refractivity contribution in [2.75, 3.05) is 5.32 Å². The molecule has 1 amide bonds. The van der Waals surface area contributed by atoms with Gasteiger partial charge in [-0.1, -0.05) is 39.7 Å². The van der Waals surface area contributed by atoms with Gasteiger partial charge in [-0.25, -0.2) is 4.79 Å². The number of nitro groups is 1. The molecule has 0 radical (unpaired) electrons. The molecule has 8 nitrogen and oxygen atoms in total. The SMILES string of the molecule is N#C/C(=C\c1ccc(OC(=O)c2ccc(Br)cc2)cc1)C(=O)Nc1ccc(Cl)cc1[N+](=O)[O-]. The number of carbonyl (C=O) groups is 2. The van der Waals surface area contributed by atoms with Crippen molar-refractivity contribution in [3.63, 3.8) is 0 Å². The van der Waals surface area contributed by atoms with E-state index in [1.54, 1.807) is 42.5 Å². The third-order valence-electron chi connectivity index (χ3n) is 4.25. The van der Waals surface area contributed by atoms with E-state index in [2.05, 4.69) is 21.2 Å². The van der Waals surface area contributed by atoms with E-state index in [4.69, 9.17) is 16.3 Å². The second kappa shape index (κ2) is 10.5. The Labute approximate surface area is 201 Å². The van der Waals surface area contributed by atoms with Crippen LogP contribution in [0.25, 0.3) is 6.08 Å². The van der Waals surface area contributed by atoms with Crippen molar-refractivity contribution in [1.29, 1.82) is 5.26 Å². The molecule has 33 heavy (non-hydrogen) atoms. The van der Waals surface area contributed by atoms with Gasteiger partial charge >= 0.3 is 5.97 Å². The quantitative estimate of drug-likeness (QED) is 0.109. The molecule has 0 aliphatic heterocycles. The second-order valence-electron chi connectivity index (χ2n) is 6.51. The van der Waals surface area contributed by atoms with Gasteiger partial charge in [-0.2, -0.15) is 5.26 Å². The molecule has 1 N–H and O–H groups in total. The summed E-state index contributed by atoms with van der Waals surface area (Å²) in [4.78, 5) is 35.2. The summed E-state index contributed by atoms with van der Waals surface area (Å²) in [5.41, 5.74) is 0.0901. The molecule has 164 valence electrons. The lowest BCUT2D eigenvalue weighted by Gasteiger charge is -2.06. The summed E-state index contributed by atoms with van der Waals surface area (Å²) >= 11 is 9.06. The molecule has 0 aliphatic carbocycles. The number of ether oxygens (including phenoxy) is 1. The number of halogens is 2. The zero-order chi connectivity index (χ0) is 24.0. The average Bonchev–Trinajstić information content (AvgIpc) is 2.79. The Hall–Kier alpha value is -4.00. The number of hydrogen-bond donors (Lipinski definition) is 1. The van der Waals surface area contributed by atoms with Crippen molar-refractivity contribution in [1.82, 2.24) is 0 Å². The maximum Gasteiger partial charge on any atom is 0.343 e. The highest BCUT2D eigenvalue weighted by Crippen LogP contribution is 2.28. The monoisotopic (exact) mass is 525 g/mol. The van der Waals surface area contributed by atoms with Gasteiger partial charge in [0.1, 0.15) is 23.1 Å². The molecule has 0 bridgehead atoms. The molecule has 3 rings (SSSR count). The fraction of sp³-hybridized carbons (Fsp3) is 0. The average molecular weight is 527 g/mol. The summed E-state index contributed by atoms with van der Waals surface area (Å²) in [5.74, 6) is -1.08. The van der Waals surface area contributed by atoms with Gasteiger partial charge in [-0.05, 0) is 60.2 Å². The van der Waals surface area contributed by atoms with Crippen LogP contribution in [0.1, 0.15) is 15.9 Å². The maximum atomic E-state index is 12.5. The van der Waals surface area contributed by atoms with Gasteiger partial charge in [0.25, 0.3) is 11.6 Å². The number of nitrogens with one attached hydrogen (secondary N) is 1. The molecule has 0 aromatic heterocycles. The van der Waals surface area contributed by atoms with Crippen molar-refractivity contribution in [3.8, 4) is 11.8 Å². The first-order valence-corrected chi connectivity index (χ1v) is 10.4. The number of hydrogen-bond acceptors (Lipinski definition) is 6. The van der Waals surface area contributed by atoms with E-state index >= 15 is 0 Å².